The molecule has 2 heteroatoms. The lowest BCUT2D eigenvalue weighted by Crippen LogP contribution is -2.21. The van der Waals surface area contributed by atoms with Gasteiger partial charge in [-0.05, 0) is 135 Å². The van der Waals surface area contributed by atoms with Crippen molar-refractivity contribution in [1.29, 1.82) is 0 Å². The maximum Gasteiger partial charge on any atom is 0.0481 e. The van der Waals surface area contributed by atoms with Crippen LogP contribution in [0.15, 0.2) is 254 Å². The molecule has 314 valence electrons. The normalized spacial score (nSPS) is 13.4. The van der Waals surface area contributed by atoms with Gasteiger partial charge in [-0.15, -0.1) is 0 Å². The van der Waals surface area contributed by atoms with Gasteiger partial charge in [0.15, 0.2) is 0 Å². The van der Waals surface area contributed by atoms with Crippen molar-refractivity contribution in [2.24, 2.45) is 0 Å². The van der Waals surface area contributed by atoms with Gasteiger partial charge in [0, 0.05) is 35.0 Å². The maximum absolute atomic E-state index is 2.44. The van der Waals surface area contributed by atoms with Gasteiger partial charge >= 0.3 is 0 Å². The highest BCUT2D eigenvalue weighted by atomic mass is 15.1. The summed E-state index contributed by atoms with van der Waals surface area (Å²) < 4.78 is 0. The minimum Gasteiger partial charge on any atom is -0.337 e. The van der Waals surface area contributed by atoms with Gasteiger partial charge in [-0.3, -0.25) is 0 Å². The molecule has 10 rings (SSSR count). The first-order chi connectivity index (χ1) is 32.2. The predicted molar refractivity (Wildman–Crippen MR) is 278 cm³/mol. The van der Waals surface area contributed by atoms with Gasteiger partial charge in [0.25, 0.3) is 0 Å². The van der Waals surface area contributed by atoms with Crippen LogP contribution in [0.1, 0.15) is 42.4 Å². The molecule has 0 spiro atoms. The maximum atomic E-state index is 2.44. The average molecular weight is 837 g/mol. The number of hydrogen-bond donors (Lipinski definition) is 0. The van der Waals surface area contributed by atoms with Crippen LogP contribution in [0.25, 0.3) is 56.7 Å². The summed E-state index contributed by atoms with van der Waals surface area (Å²) in [5.41, 5.74) is 19.3. The molecule has 0 fully saturated rings. The molecule has 0 amide bonds. The van der Waals surface area contributed by atoms with E-state index in [1.54, 1.807) is 0 Å². The highest BCUT2D eigenvalue weighted by molar-refractivity contribution is 5.78. The first-order valence-electron chi connectivity index (χ1n) is 22.9. The molecule has 0 bridgehead atoms. The fourth-order valence-corrected chi connectivity index (χ4v) is 8.80. The summed E-state index contributed by atoms with van der Waals surface area (Å²) in [4.78, 5) is 4.80. The molecule has 2 aliphatic rings. The monoisotopic (exact) mass is 836 g/mol. The summed E-state index contributed by atoms with van der Waals surface area (Å²) in [6, 6.07) is 74.7. The molecule has 2 nitrogen and oxygen atoms in total. The van der Waals surface area contributed by atoms with Gasteiger partial charge in [0.2, 0.25) is 0 Å². The van der Waals surface area contributed by atoms with E-state index in [9.17, 15) is 0 Å². The zero-order valence-corrected chi connectivity index (χ0v) is 36.7. The second-order valence-electron chi connectivity index (χ2n) is 16.8. The Morgan fingerprint density at radius 2 is 0.677 bits per heavy atom. The molecule has 0 radical (unpaired) electrons. The first-order valence-corrected chi connectivity index (χ1v) is 22.9. The summed E-state index contributed by atoms with van der Waals surface area (Å²) in [7, 11) is 0. The minimum absolute atomic E-state index is 0.791. The van der Waals surface area contributed by atoms with Crippen LogP contribution in [-0.4, -0.2) is 0 Å². The Labute approximate surface area is 384 Å². The zero-order valence-electron chi connectivity index (χ0n) is 36.7. The van der Waals surface area contributed by atoms with Crippen molar-refractivity contribution < 1.29 is 0 Å². The average Bonchev–Trinajstić information content (AvgIpc) is 3.40. The van der Waals surface area contributed by atoms with Gasteiger partial charge in [0.1, 0.15) is 0 Å². The molecule has 0 saturated carbocycles. The Bertz CT molecular complexity index is 2970. The SMILES string of the molecule is C1=CC(N(Cc2ccc(/C=C/c3ccc(N(C4=CCCC=C4)c4ccc(-c5ccc(-c6ccccc6)cc5)cc4)cc3)cc2)c2ccc(-c3ccc(-c4ccccc4)cc3)cc2)=CCC1. The standard InChI is InChI=1S/C63H52N2/c1-5-13-51(14-6-1)53-29-33-55(34-30-53)57-37-43-60(44-38-57)64(59-17-9-3-10-18-59)47-50-25-23-48(24-26-50)21-22-49-27-41-62(42-28-49)65(61-19-11-4-12-20-61)63-45-39-58(40-46-63)56-35-31-54(32-36-56)52-15-7-2-8-16-52/h1-2,5-9,11,13-46H,3-4,10,12,47H2/b22-21+. The van der Waals surface area contributed by atoms with E-state index in [-0.39, 0.29) is 0 Å². The molecule has 0 atom stereocenters. The van der Waals surface area contributed by atoms with Gasteiger partial charge in [-0.2, -0.15) is 0 Å². The van der Waals surface area contributed by atoms with Crippen molar-refractivity contribution in [3.05, 3.63) is 271 Å². The Kier molecular flexibility index (Phi) is 12.4. The number of anilines is 3. The molecule has 8 aromatic carbocycles. The van der Waals surface area contributed by atoms with Crippen molar-refractivity contribution >= 4 is 29.2 Å². The minimum atomic E-state index is 0.791. The van der Waals surface area contributed by atoms with Gasteiger partial charge in [0.05, 0.1) is 0 Å². The Hall–Kier alpha value is -7.94. The van der Waals surface area contributed by atoms with E-state index in [4.69, 9.17) is 0 Å². The quantitative estimate of drug-likeness (QED) is 0.107. The number of nitrogens with zero attached hydrogens (tertiary/aromatic N) is 2. The van der Waals surface area contributed by atoms with Crippen LogP contribution in [0.2, 0.25) is 0 Å². The molecule has 8 aromatic rings. The zero-order chi connectivity index (χ0) is 43.6. The van der Waals surface area contributed by atoms with Crippen LogP contribution >= 0.6 is 0 Å². The Balaban J connectivity index is 0.814. The van der Waals surface area contributed by atoms with Gasteiger partial charge < -0.3 is 9.80 Å². The predicted octanol–water partition coefficient (Wildman–Crippen LogP) is 17.1. The summed E-state index contributed by atoms with van der Waals surface area (Å²) >= 11 is 0. The fourth-order valence-electron chi connectivity index (χ4n) is 8.80. The molecular weight excluding hydrogens is 785 g/mol. The summed E-state index contributed by atoms with van der Waals surface area (Å²) in [6.45, 7) is 0.791. The van der Waals surface area contributed by atoms with Crippen LogP contribution in [0, 0.1) is 0 Å². The van der Waals surface area contributed by atoms with Crippen molar-refractivity contribution in [1.82, 2.24) is 0 Å². The van der Waals surface area contributed by atoms with Crippen LogP contribution in [0.4, 0.5) is 17.1 Å². The van der Waals surface area contributed by atoms with Gasteiger partial charge in [-0.25, -0.2) is 0 Å². The Morgan fingerprint density at radius 1 is 0.323 bits per heavy atom. The fraction of sp³-hybridized carbons (Fsp3) is 0.0794. The molecular formula is C63H52N2. The molecule has 2 aliphatic carbocycles. The molecule has 0 aliphatic heterocycles. The third-order valence-electron chi connectivity index (χ3n) is 12.4. The summed E-state index contributed by atoms with van der Waals surface area (Å²) in [5.74, 6) is 0. The lowest BCUT2D eigenvalue weighted by atomic mass is 10.00. The number of benzene rings is 8. The second-order valence-corrected chi connectivity index (χ2v) is 16.8. The summed E-state index contributed by atoms with van der Waals surface area (Å²) in [5, 5.41) is 0. The molecule has 0 N–H and O–H groups in total. The van der Waals surface area contributed by atoms with Crippen LogP contribution in [0.5, 0.6) is 0 Å². The third kappa shape index (κ3) is 9.84. The van der Waals surface area contributed by atoms with Crippen molar-refractivity contribution in [2.45, 2.75) is 32.2 Å². The van der Waals surface area contributed by atoms with Crippen molar-refractivity contribution in [2.75, 3.05) is 9.80 Å². The van der Waals surface area contributed by atoms with Crippen molar-refractivity contribution in [3.63, 3.8) is 0 Å². The van der Waals surface area contributed by atoms with E-state index in [0.717, 1.165) is 49.2 Å². The lowest BCUT2D eigenvalue weighted by molar-refractivity contribution is 0.899. The molecule has 0 aromatic heterocycles. The van der Waals surface area contributed by atoms with E-state index in [1.165, 1.54) is 72.7 Å². The lowest BCUT2D eigenvalue weighted by Gasteiger charge is -2.28. The van der Waals surface area contributed by atoms with Gasteiger partial charge in [-0.1, -0.05) is 206 Å². The molecule has 65 heavy (non-hydrogen) atoms. The van der Waals surface area contributed by atoms with Crippen molar-refractivity contribution in [3.8, 4) is 44.5 Å². The molecule has 0 heterocycles. The van der Waals surface area contributed by atoms with E-state index >= 15 is 0 Å². The second kappa shape index (κ2) is 19.6. The Morgan fingerprint density at radius 3 is 1.09 bits per heavy atom. The summed E-state index contributed by atoms with van der Waals surface area (Å²) in [6.07, 6.45) is 22.5. The first kappa shape index (κ1) is 41.1. The van der Waals surface area contributed by atoms with E-state index in [2.05, 4.69) is 265 Å². The molecule has 0 saturated heterocycles. The highest BCUT2D eigenvalue weighted by Gasteiger charge is 2.16. The van der Waals surface area contributed by atoms with Crippen LogP contribution in [-0.2, 0) is 6.54 Å². The van der Waals surface area contributed by atoms with E-state index < -0.39 is 0 Å². The highest BCUT2D eigenvalue weighted by Crippen LogP contribution is 2.35. The third-order valence-corrected chi connectivity index (χ3v) is 12.4. The van der Waals surface area contributed by atoms with E-state index in [0.29, 0.717) is 0 Å². The number of rotatable bonds is 13. The molecule has 0 unspecified atom stereocenters. The number of hydrogen-bond acceptors (Lipinski definition) is 2. The smallest absolute Gasteiger partial charge is 0.0481 e. The largest absolute Gasteiger partial charge is 0.337 e. The van der Waals surface area contributed by atoms with E-state index in [1.807, 2.05) is 0 Å². The van der Waals surface area contributed by atoms with Crippen LogP contribution in [0.3, 0.4) is 0 Å². The number of allylic oxidation sites excluding steroid dienone is 6. The topological polar surface area (TPSA) is 6.48 Å². The van der Waals surface area contributed by atoms with Crippen LogP contribution < -0.4 is 9.80 Å².